The molecule has 0 amide bonds. The molecule has 0 aliphatic heterocycles. The summed E-state index contributed by atoms with van der Waals surface area (Å²) in [5.74, 6) is -1.29. The van der Waals surface area contributed by atoms with E-state index in [9.17, 15) is 10.1 Å². The molecule has 2 unspecified atom stereocenters. The van der Waals surface area contributed by atoms with Crippen LogP contribution in [0.2, 0.25) is 0 Å². The van der Waals surface area contributed by atoms with Crippen molar-refractivity contribution in [1.29, 1.82) is 5.26 Å². The number of anilines is 1. The lowest BCUT2D eigenvalue weighted by Crippen LogP contribution is -2.44. The second-order valence-corrected chi connectivity index (χ2v) is 6.37. The van der Waals surface area contributed by atoms with Crippen LogP contribution in [0, 0.1) is 11.3 Å². The molecule has 3 rings (SSSR count). The number of hydrogen-bond donors (Lipinski definition) is 1. The van der Waals surface area contributed by atoms with E-state index < -0.39 is 17.4 Å². The summed E-state index contributed by atoms with van der Waals surface area (Å²) >= 11 is 0. The average Bonchev–Trinajstić information content (AvgIpc) is 2.75. The SMILES string of the molecule is CCOC(=O)C(c1ccccc1)C(C#N)(Nc1ccccc1)c1ccccc1. The summed E-state index contributed by atoms with van der Waals surface area (Å²) in [5, 5.41) is 13.8. The molecule has 2 atom stereocenters. The normalized spacial score (nSPS) is 13.6. The summed E-state index contributed by atoms with van der Waals surface area (Å²) in [7, 11) is 0. The number of nitriles is 1. The lowest BCUT2D eigenvalue weighted by Gasteiger charge is -2.36. The molecule has 0 radical (unpaired) electrons. The topological polar surface area (TPSA) is 62.1 Å². The number of benzene rings is 3. The van der Waals surface area contributed by atoms with Crippen molar-refractivity contribution in [2.45, 2.75) is 18.4 Å². The van der Waals surface area contributed by atoms with Crippen LogP contribution in [-0.4, -0.2) is 12.6 Å². The Labute approximate surface area is 165 Å². The van der Waals surface area contributed by atoms with Gasteiger partial charge >= 0.3 is 5.97 Å². The van der Waals surface area contributed by atoms with Gasteiger partial charge in [0.05, 0.1) is 12.7 Å². The van der Waals surface area contributed by atoms with E-state index in [0.717, 1.165) is 11.3 Å². The molecule has 3 aromatic carbocycles. The molecule has 0 saturated heterocycles. The molecule has 3 aromatic rings. The summed E-state index contributed by atoms with van der Waals surface area (Å²) in [5.41, 5.74) is 0.826. The van der Waals surface area contributed by atoms with Gasteiger partial charge in [0.15, 0.2) is 5.54 Å². The number of esters is 1. The molecule has 0 aliphatic carbocycles. The standard InChI is InChI=1S/C24H22N2O2/c1-2-28-23(27)22(19-12-6-3-7-13-19)24(18-25,20-14-8-4-9-15-20)26-21-16-10-5-11-17-21/h3-17,22,26H,2H2,1H3. The first-order valence-corrected chi connectivity index (χ1v) is 9.23. The van der Waals surface area contributed by atoms with Gasteiger partial charge in [0.1, 0.15) is 5.92 Å². The molecule has 0 bridgehead atoms. The third-order valence-corrected chi connectivity index (χ3v) is 4.61. The number of hydrogen-bond acceptors (Lipinski definition) is 4. The van der Waals surface area contributed by atoms with Crippen LogP contribution in [-0.2, 0) is 15.1 Å². The molecule has 4 nitrogen and oxygen atoms in total. The summed E-state index contributed by atoms with van der Waals surface area (Å²) in [6.45, 7) is 2.00. The Morgan fingerprint density at radius 3 is 2.04 bits per heavy atom. The van der Waals surface area contributed by atoms with Crippen LogP contribution in [0.15, 0.2) is 91.0 Å². The first-order chi connectivity index (χ1) is 13.7. The Morgan fingerprint density at radius 1 is 0.964 bits per heavy atom. The van der Waals surface area contributed by atoms with Crippen molar-refractivity contribution in [2.75, 3.05) is 11.9 Å². The molecule has 0 heterocycles. The second kappa shape index (κ2) is 8.88. The van der Waals surface area contributed by atoms with Gasteiger partial charge in [-0.15, -0.1) is 0 Å². The van der Waals surface area contributed by atoms with Crippen molar-refractivity contribution in [2.24, 2.45) is 0 Å². The largest absolute Gasteiger partial charge is 0.465 e. The zero-order valence-corrected chi connectivity index (χ0v) is 15.7. The summed E-state index contributed by atoms with van der Waals surface area (Å²) in [6, 6.07) is 30.5. The molecule has 28 heavy (non-hydrogen) atoms. The van der Waals surface area contributed by atoms with Crippen LogP contribution in [0.5, 0.6) is 0 Å². The Bertz CT molecular complexity index is 937. The fraction of sp³-hybridized carbons (Fsp3) is 0.167. The first kappa shape index (κ1) is 19.2. The maximum absolute atomic E-state index is 13.1. The van der Waals surface area contributed by atoms with Crippen molar-refractivity contribution in [3.8, 4) is 6.07 Å². The number of ether oxygens (including phenoxy) is 1. The first-order valence-electron chi connectivity index (χ1n) is 9.23. The van der Waals surface area contributed by atoms with Gasteiger partial charge in [0.2, 0.25) is 0 Å². The Morgan fingerprint density at radius 2 is 1.50 bits per heavy atom. The number of carbonyl (C=O) groups excluding carboxylic acids is 1. The van der Waals surface area contributed by atoms with Gasteiger partial charge < -0.3 is 10.1 Å². The van der Waals surface area contributed by atoms with E-state index in [0.29, 0.717) is 5.56 Å². The highest BCUT2D eigenvalue weighted by molar-refractivity contribution is 5.83. The number of carbonyl (C=O) groups is 1. The highest BCUT2D eigenvalue weighted by atomic mass is 16.5. The average molecular weight is 370 g/mol. The smallest absolute Gasteiger partial charge is 0.317 e. The molecule has 140 valence electrons. The minimum absolute atomic E-state index is 0.240. The zero-order valence-electron chi connectivity index (χ0n) is 15.7. The lowest BCUT2D eigenvalue weighted by atomic mass is 9.75. The third-order valence-electron chi connectivity index (χ3n) is 4.61. The molecule has 0 spiro atoms. The maximum atomic E-state index is 13.1. The molecular weight excluding hydrogens is 348 g/mol. The highest BCUT2D eigenvalue weighted by Crippen LogP contribution is 2.40. The summed E-state index contributed by atoms with van der Waals surface area (Å²) in [4.78, 5) is 13.1. The quantitative estimate of drug-likeness (QED) is 0.603. The van der Waals surface area contributed by atoms with Gasteiger partial charge in [0.25, 0.3) is 0 Å². The zero-order chi connectivity index (χ0) is 19.8. The Balaban J connectivity index is 2.22. The number of para-hydroxylation sites is 1. The summed E-state index contributed by atoms with van der Waals surface area (Å²) in [6.07, 6.45) is 0. The summed E-state index contributed by atoms with van der Waals surface area (Å²) < 4.78 is 5.40. The monoisotopic (exact) mass is 370 g/mol. The maximum Gasteiger partial charge on any atom is 0.317 e. The molecular formula is C24H22N2O2. The Kier molecular flexibility index (Phi) is 6.08. The minimum Gasteiger partial charge on any atom is -0.465 e. The van der Waals surface area contributed by atoms with Crippen LogP contribution in [0.1, 0.15) is 24.0 Å². The van der Waals surface area contributed by atoms with E-state index >= 15 is 0 Å². The molecule has 0 aliphatic rings. The Hall–Kier alpha value is -3.58. The van der Waals surface area contributed by atoms with Crippen molar-refractivity contribution < 1.29 is 9.53 Å². The molecule has 0 aromatic heterocycles. The molecule has 0 saturated carbocycles. The van der Waals surface area contributed by atoms with Gasteiger partial charge in [-0.25, -0.2) is 0 Å². The lowest BCUT2D eigenvalue weighted by molar-refractivity contribution is -0.146. The van der Waals surface area contributed by atoms with Crippen molar-refractivity contribution in [3.63, 3.8) is 0 Å². The fourth-order valence-corrected chi connectivity index (χ4v) is 3.35. The predicted octanol–water partition coefficient (Wildman–Crippen LogP) is 4.86. The van der Waals surface area contributed by atoms with Crippen LogP contribution in [0.3, 0.4) is 0 Å². The van der Waals surface area contributed by atoms with E-state index in [-0.39, 0.29) is 6.61 Å². The van der Waals surface area contributed by atoms with Crippen molar-refractivity contribution >= 4 is 11.7 Å². The van der Waals surface area contributed by atoms with Gasteiger partial charge in [-0.05, 0) is 30.2 Å². The molecule has 1 N–H and O–H groups in total. The van der Waals surface area contributed by atoms with E-state index in [1.807, 2.05) is 91.0 Å². The van der Waals surface area contributed by atoms with E-state index in [2.05, 4.69) is 11.4 Å². The van der Waals surface area contributed by atoms with Crippen LogP contribution >= 0.6 is 0 Å². The van der Waals surface area contributed by atoms with Gasteiger partial charge in [-0.3, -0.25) is 4.79 Å². The van der Waals surface area contributed by atoms with Crippen LogP contribution < -0.4 is 5.32 Å². The minimum atomic E-state index is -1.34. The van der Waals surface area contributed by atoms with E-state index in [4.69, 9.17) is 4.74 Å². The third kappa shape index (κ3) is 3.89. The number of rotatable bonds is 7. The predicted molar refractivity (Wildman–Crippen MR) is 110 cm³/mol. The molecule has 0 fully saturated rings. The highest BCUT2D eigenvalue weighted by Gasteiger charge is 2.47. The second-order valence-electron chi connectivity index (χ2n) is 6.37. The molecule has 4 heteroatoms. The van der Waals surface area contributed by atoms with Gasteiger partial charge in [-0.1, -0.05) is 78.9 Å². The van der Waals surface area contributed by atoms with Crippen LogP contribution in [0.25, 0.3) is 0 Å². The van der Waals surface area contributed by atoms with Crippen molar-refractivity contribution in [3.05, 3.63) is 102 Å². The van der Waals surface area contributed by atoms with E-state index in [1.54, 1.807) is 6.92 Å². The number of nitrogens with one attached hydrogen (secondary N) is 1. The number of nitrogens with zero attached hydrogens (tertiary/aromatic N) is 1. The van der Waals surface area contributed by atoms with Crippen LogP contribution in [0.4, 0.5) is 5.69 Å². The fourth-order valence-electron chi connectivity index (χ4n) is 3.35. The van der Waals surface area contributed by atoms with E-state index in [1.165, 1.54) is 0 Å². The van der Waals surface area contributed by atoms with Crippen molar-refractivity contribution in [1.82, 2.24) is 0 Å². The van der Waals surface area contributed by atoms with Gasteiger partial charge in [-0.2, -0.15) is 5.26 Å². The van der Waals surface area contributed by atoms with Gasteiger partial charge in [0, 0.05) is 5.69 Å².